The molecule has 0 fully saturated rings. The molecule has 0 radical (unpaired) electrons. The summed E-state index contributed by atoms with van der Waals surface area (Å²) in [7, 11) is -3.27. The summed E-state index contributed by atoms with van der Waals surface area (Å²) in [6, 6.07) is 3.79. The molecule has 0 aliphatic carbocycles. The highest BCUT2D eigenvalue weighted by atomic mass is 79.9. The number of halogens is 1. The summed E-state index contributed by atoms with van der Waals surface area (Å²) in [6.07, 6.45) is 0. The third-order valence-electron chi connectivity index (χ3n) is 2.36. The molecular formula is C11H16BrNO2S. The number of aryl methyl sites for hydroxylation is 2. The van der Waals surface area contributed by atoms with Crippen LogP contribution in [0.25, 0.3) is 0 Å². The minimum Gasteiger partial charge on any atom is -0.283 e. The van der Waals surface area contributed by atoms with Gasteiger partial charge in [-0.05, 0) is 51.0 Å². The van der Waals surface area contributed by atoms with Gasteiger partial charge in [0.2, 0.25) is 10.0 Å². The lowest BCUT2D eigenvalue weighted by Crippen LogP contribution is -2.23. The average Bonchev–Trinajstić information content (AvgIpc) is 2.11. The molecule has 0 aromatic heterocycles. The van der Waals surface area contributed by atoms with E-state index in [1.165, 1.54) is 0 Å². The molecule has 0 bridgehead atoms. The molecule has 0 heterocycles. The van der Waals surface area contributed by atoms with E-state index >= 15 is 0 Å². The zero-order valence-electron chi connectivity index (χ0n) is 9.83. The van der Waals surface area contributed by atoms with Crippen LogP contribution in [0.1, 0.15) is 25.0 Å². The van der Waals surface area contributed by atoms with Crippen molar-refractivity contribution in [3.63, 3.8) is 0 Å². The quantitative estimate of drug-likeness (QED) is 0.932. The fourth-order valence-corrected chi connectivity index (χ4v) is 2.86. The van der Waals surface area contributed by atoms with E-state index in [0.717, 1.165) is 15.6 Å². The summed E-state index contributed by atoms with van der Waals surface area (Å²) >= 11 is 3.38. The van der Waals surface area contributed by atoms with Crippen LogP contribution in [-0.2, 0) is 10.0 Å². The van der Waals surface area contributed by atoms with E-state index in [1.807, 2.05) is 26.0 Å². The van der Waals surface area contributed by atoms with Gasteiger partial charge in [0.1, 0.15) is 0 Å². The number of sulfonamides is 1. The Kier molecular flexibility index (Phi) is 4.02. The number of nitrogens with one attached hydrogen (secondary N) is 1. The van der Waals surface area contributed by atoms with Crippen LogP contribution in [0.3, 0.4) is 0 Å². The van der Waals surface area contributed by atoms with E-state index in [4.69, 9.17) is 0 Å². The van der Waals surface area contributed by atoms with E-state index in [9.17, 15) is 8.42 Å². The zero-order valence-corrected chi connectivity index (χ0v) is 12.2. The van der Waals surface area contributed by atoms with Crippen LogP contribution in [0, 0.1) is 13.8 Å². The molecule has 5 heteroatoms. The van der Waals surface area contributed by atoms with Crippen LogP contribution < -0.4 is 4.72 Å². The van der Waals surface area contributed by atoms with Gasteiger partial charge >= 0.3 is 0 Å². The predicted octanol–water partition coefficient (Wildman–Crippen LogP) is 3.22. The first-order valence-corrected chi connectivity index (χ1v) is 7.36. The molecule has 0 aliphatic heterocycles. The SMILES string of the molecule is Cc1cc(Br)cc(C)c1NS(=O)(=O)C(C)C. The molecule has 0 saturated carbocycles. The third kappa shape index (κ3) is 2.98. The Morgan fingerprint density at radius 2 is 1.62 bits per heavy atom. The number of hydrogen-bond donors (Lipinski definition) is 1. The van der Waals surface area contributed by atoms with E-state index in [2.05, 4.69) is 20.7 Å². The minimum atomic E-state index is -3.27. The minimum absolute atomic E-state index is 0.435. The molecule has 0 aliphatic rings. The van der Waals surface area contributed by atoms with Gasteiger partial charge in [0.25, 0.3) is 0 Å². The molecule has 1 aromatic rings. The van der Waals surface area contributed by atoms with Crippen molar-refractivity contribution in [3.8, 4) is 0 Å². The summed E-state index contributed by atoms with van der Waals surface area (Å²) < 4.78 is 27.1. The smallest absolute Gasteiger partial charge is 0.235 e. The summed E-state index contributed by atoms with van der Waals surface area (Å²) in [5, 5.41) is -0.435. The summed E-state index contributed by atoms with van der Waals surface area (Å²) in [6.45, 7) is 7.09. The molecule has 1 N–H and O–H groups in total. The van der Waals surface area contributed by atoms with Crippen LogP contribution in [0.15, 0.2) is 16.6 Å². The maximum Gasteiger partial charge on any atom is 0.235 e. The topological polar surface area (TPSA) is 46.2 Å². The lowest BCUT2D eigenvalue weighted by molar-refractivity contribution is 0.592. The largest absolute Gasteiger partial charge is 0.283 e. The summed E-state index contributed by atoms with van der Waals surface area (Å²) in [5.41, 5.74) is 2.50. The molecular weight excluding hydrogens is 290 g/mol. The Hall–Kier alpha value is -0.550. The summed E-state index contributed by atoms with van der Waals surface area (Å²) in [5.74, 6) is 0. The Balaban J connectivity index is 3.17. The van der Waals surface area contributed by atoms with Crippen LogP contribution in [-0.4, -0.2) is 13.7 Å². The summed E-state index contributed by atoms with van der Waals surface area (Å²) in [4.78, 5) is 0. The Morgan fingerprint density at radius 1 is 1.19 bits per heavy atom. The molecule has 0 unspecified atom stereocenters. The number of anilines is 1. The highest BCUT2D eigenvalue weighted by molar-refractivity contribution is 9.10. The zero-order chi connectivity index (χ0) is 12.5. The Labute approximate surface area is 105 Å². The van der Waals surface area contributed by atoms with Gasteiger partial charge in [0, 0.05) is 4.47 Å². The van der Waals surface area contributed by atoms with Crippen molar-refractivity contribution in [2.45, 2.75) is 32.9 Å². The van der Waals surface area contributed by atoms with Gasteiger partial charge in [-0.2, -0.15) is 0 Å². The van der Waals surface area contributed by atoms with E-state index < -0.39 is 15.3 Å². The number of hydrogen-bond acceptors (Lipinski definition) is 2. The van der Waals surface area contributed by atoms with Crippen LogP contribution in [0.4, 0.5) is 5.69 Å². The second-order valence-electron chi connectivity index (χ2n) is 4.11. The Morgan fingerprint density at radius 3 is 2.00 bits per heavy atom. The third-order valence-corrected chi connectivity index (χ3v) is 4.55. The van der Waals surface area contributed by atoms with Gasteiger partial charge in [-0.25, -0.2) is 8.42 Å². The molecule has 1 rings (SSSR count). The van der Waals surface area contributed by atoms with Crippen molar-refractivity contribution in [1.82, 2.24) is 0 Å². The highest BCUT2D eigenvalue weighted by Gasteiger charge is 2.17. The highest BCUT2D eigenvalue weighted by Crippen LogP contribution is 2.26. The fourth-order valence-electron chi connectivity index (χ4n) is 1.33. The first kappa shape index (κ1) is 13.5. The van der Waals surface area contributed by atoms with Crippen molar-refractivity contribution >= 4 is 31.6 Å². The molecule has 0 saturated heterocycles. The molecule has 3 nitrogen and oxygen atoms in total. The standard InChI is InChI=1S/C11H16BrNO2S/c1-7(2)16(14,15)13-11-8(3)5-10(12)6-9(11)4/h5-7,13H,1-4H3. The van der Waals surface area contributed by atoms with Crippen LogP contribution in [0.5, 0.6) is 0 Å². The van der Waals surface area contributed by atoms with Gasteiger partial charge < -0.3 is 0 Å². The number of benzene rings is 1. The molecule has 0 amide bonds. The molecule has 0 spiro atoms. The van der Waals surface area contributed by atoms with Crippen molar-refractivity contribution in [3.05, 3.63) is 27.7 Å². The van der Waals surface area contributed by atoms with Gasteiger partial charge in [0.15, 0.2) is 0 Å². The fraction of sp³-hybridized carbons (Fsp3) is 0.455. The maximum atomic E-state index is 11.8. The maximum absolute atomic E-state index is 11.8. The van der Waals surface area contributed by atoms with Gasteiger partial charge in [-0.1, -0.05) is 15.9 Å². The predicted molar refractivity (Wildman–Crippen MR) is 71.3 cm³/mol. The van der Waals surface area contributed by atoms with Crippen molar-refractivity contribution in [1.29, 1.82) is 0 Å². The normalized spacial score (nSPS) is 11.9. The molecule has 1 aromatic carbocycles. The van der Waals surface area contributed by atoms with E-state index in [-0.39, 0.29) is 0 Å². The van der Waals surface area contributed by atoms with E-state index in [1.54, 1.807) is 13.8 Å². The van der Waals surface area contributed by atoms with E-state index in [0.29, 0.717) is 5.69 Å². The van der Waals surface area contributed by atoms with Crippen LogP contribution in [0.2, 0.25) is 0 Å². The first-order chi connectivity index (χ1) is 7.24. The van der Waals surface area contributed by atoms with Crippen molar-refractivity contribution in [2.75, 3.05) is 4.72 Å². The van der Waals surface area contributed by atoms with Crippen molar-refractivity contribution < 1.29 is 8.42 Å². The molecule has 90 valence electrons. The Bertz CT molecular complexity index is 472. The second-order valence-corrected chi connectivity index (χ2v) is 7.26. The van der Waals surface area contributed by atoms with Gasteiger partial charge in [-0.15, -0.1) is 0 Å². The van der Waals surface area contributed by atoms with Gasteiger partial charge in [0.05, 0.1) is 10.9 Å². The molecule has 16 heavy (non-hydrogen) atoms. The second kappa shape index (κ2) is 4.75. The van der Waals surface area contributed by atoms with Crippen LogP contribution >= 0.6 is 15.9 Å². The van der Waals surface area contributed by atoms with Gasteiger partial charge in [-0.3, -0.25) is 4.72 Å². The average molecular weight is 306 g/mol. The lowest BCUT2D eigenvalue weighted by Gasteiger charge is -2.15. The lowest BCUT2D eigenvalue weighted by atomic mass is 10.1. The first-order valence-electron chi connectivity index (χ1n) is 5.02. The number of rotatable bonds is 3. The van der Waals surface area contributed by atoms with Crippen molar-refractivity contribution in [2.24, 2.45) is 0 Å². The molecule has 0 atom stereocenters. The monoisotopic (exact) mass is 305 g/mol.